The Balaban J connectivity index is 1.80. The van der Waals surface area contributed by atoms with E-state index in [1.165, 1.54) is 15.6 Å². The van der Waals surface area contributed by atoms with Crippen molar-refractivity contribution in [3.05, 3.63) is 16.0 Å². The van der Waals surface area contributed by atoms with Crippen LogP contribution in [-0.4, -0.2) is 61.6 Å². The summed E-state index contributed by atoms with van der Waals surface area (Å²) >= 11 is 1.25. The summed E-state index contributed by atoms with van der Waals surface area (Å²) < 4.78 is 30.0. The highest BCUT2D eigenvalue weighted by molar-refractivity contribution is 7.88. The molecule has 28 heavy (non-hydrogen) atoms. The lowest BCUT2D eigenvalue weighted by Gasteiger charge is -2.25. The Morgan fingerprint density at radius 3 is 2.79 bits per heavy atom. The number of carbonyl (C=O) groups excluding carboxylic acids is 2. The van der Waals surface area contributed by atoms with Gasteiger partial charge in [0, 0.05) is 18.0 Å². The van der Waals surface area contributed by atoms with Crippen LogP contribution in [0.5, 0.6) is 0 Å². The van der Waals surface area contributed by atoms with E-state index in [-0.39, 0.29) is 6.61 Å². The average molecular weight is 427 g/mol. The largest absolute Gasteiger partial charge is 0.450 e. The van der Waals surface area contributed by atoms with Gasteiger partial charge in [0.25, 0.3) is 0 Å². The molecule has 1 aromatic heterocycles. The summed E-state index contributed by atoms with van der Waals surface area (Å²) in [6.45, 7) is 3.10. The molecule has 11 heteroatoms. The minimum absolute atomic E-state index is 0.287. The summed E-state index contributed by atoms with van der Waals surface area (Å²) in [5.74, 6) is -0.430. The second-order valence-corrected chi connectivity index (χ2v) is 9.75. The molecule has 0 bridgehead atoms. The topological polar surface area (TPSA) is 120 Å². The average Bonchev–Trinajstić information content (AvgIpc) is 3.25. The van der Waals surface area contributed by atoms with Crippen LogP contribution < -0.4 is 5.32 Å². The fourth-order valence-corrected chi connectivity index (χ4v) is 5.92. The molecule has 2 aliphatic rings. The van der Waals surface area contributed by atoms with Gasteiger partial charge in [-0.1, -0.05) is 0 Å². The smallest absolute Gasteiger partial charge is 0.410 e. The minimum Gasteiger partial charge on any atom is -0.450 e. The van der Waals surface area contributed by atoms with Gasteiger partial charge in [-0.15, -0.1) is 11.3 Å². The van der Waals surface area contributed by atoms with Crippen molar-refractivity contribution in [1.82, 2.24) is 9.21 Å². The zero-order valence-electron chi connectivity index (χ0n) is 15.7. The van der Waals surface area contributed by atoms with Crippen LogP contribution in [0, 0.1) is 11.3 Å². The molecule has 0 radical (unpaired) electrons. The Bertz CT molecular complexity index is 934. The maximum Gasteiger partial charge on any atom is 0.410 e. The SMILES string of the molecule is CCOC(=O)N1CCc2c(sc(NC(=O)C3CCCN3S(C)(=O)=O)c2C#N)C1. The van der Waals surface area contributed by atoms with Crippen LogP contribution in [0.15, 0.2) is 0 Å². The number of nitrogens with zero attached hydrogens (tertiary/aromatic N) is 3. The standard InChI is InChI=1S/C17H22N4O5S2/c1-3-26-17(23)20-8-6-11-12(9-18)16(27-14(11)10-20)19-15(22)13-5-4-7-21(13)28(2,24)25/h13H,3-8,10H2,1-2H3,(H,19,22). The van der Waals surface area contributed by atoms with Crippen LogP contribution in [0.1, 0.15) is 35.8 Å². The second-order valence-electron chi connectivity index (χ2n) is 6.71. The van der Waals surface area contributed by atoms with Crippen molar-refractivity contribution in [2.24, 2.45) is 0 Å². The summed E-state index contributed by atoms with van der Waals surface area (Å²) in [5.41, 5.74) is 1.22. The molecule has 0 spiro atoms. The third-order valence-corrected chi connectivity index (χ3v) is 7.28. The maximum absolute atomic E-state index is 12.7. The Labute approximate surface area is 167 Å². The number of rotatable bonds is 4. The quantitative estimate of drug-likeness (QED) is 0.779. The molecule has 3 rings (SSSR count). The highest BCUT2D eigenvalue weighted by Gasteiger charge is 2.37. The number of amides is 2. The first kappa shape index (κ1) is 20.6. The van der Waals surface area contributed by atoms with Crippen molar-refractivity contribution in [3.8, 4) is 6.07 Å². The molecule has 152 valence electrons. The van der Waals surface area contributed by atoms with Crippen LogP contribution in [0.2, 0.25) is 0 Å². The summed E-state index contributed by atoms with van der Waals surface area (Å²) in [6, 6.07) is 1.37. The fraction of sp³-hybridized carbons (Fsp3) is 0.588. The highest BCUT2D eigenvalue weighted by Crippen LogP contribution is 2.37. The van der Waals surface area contributed by atoms with Gasteiger partial charge in [0.2, 0.25) is 15.9 Å². The number of thiophene rings is 1. The van der Waals surface area contributed by atoms with E-state index >= 15 is 0 Å². The second kappa shape index (κ2) is 8.06. The van der Waals surface area contributed by atoms with Crippen molar-refractivity contribution >= 4 is 38.4 Å². The lowest BCUT2D eigenvalue weighted by molar-refractivity contribution is -0.119. The summed E-state index contributed by atoms with van der Waals surface area (Å²) in [7, 11) is -3.48. The summed E-state index contributed by atoms with van der Waals surface area (Å²) in [5, 5.41) is 12.7. The predicted octanol–water partition coefficient (Wildman–Crippen LogP) is 1.50. The first-order chi connectivity index (χ1) is 13.3. The monoisotopic (exact) mass is 426 g/mol. The normalized spacial score (nSPS) is 19.8. The summed E-state index contributed by atoms with van der Waals surface area (Å²) in [6.07, 6.45) is 2.25. The van der Waals surface area contributed by atoms with Gasteiger partial charge in [0.15, 0.2) is 0 Å². The fourth-order valence-electron chi connectivity index (χ4n) is 3.57. The van der Waals surface area contributed by atoms with E-state index in [0.717, 1.165) is 16.7 Å². The third kappa shape index (κ3) is 3.99. The van der Waals surface area contributed by atoms with E-state index in [9.17, 15) is 23.3 Å². The van der Waals surface area contributed by atoms with Gasteiger partial charge < -0.3 is 15.0 Å². The number of sulfonamides is 1. The Hall–Kier alpha value is -2.16. The number of fused-ring (bicyclic) bond motifs is 1. The van der Waals surface area contributed by atoms with Crippen LogP contribution >= 0.6 is 11.3 Å². The number of nitrogens with one attached hydrogen (secondary N) is 1. The molecule has 1 unspecified atom stereocenters. The minimum atomic E-state index is -3.48. The molecule has 1 fully saturated rings. The first-order valence-electron chi connectivity index (χ1n) is 9.00. The zero-order chi connectivity index (χ0) is 20.5. The molecule has 2 amide bonds. The third-order valence-electron chi connectivity index (χ3n) is 4.86. The summed E-state index contributed by atoms with van der Waals surface area (Å²) in [4.78, 5) is 27.1. The zero-order valence-corrected chi connectivity index (χ0v) is 17.4. The molecule has 1 atom stereocenters. The molecular weight excluding hydrogens is 404 g/mol. The molecule has 2 aliphatic heterocycles. The van der Waals surface area contributed by atoms with Gasteiger partial charge in [0.1, 0.15) is 17.1 Å². The lowest BCUT2D eigenvalue weighted by atomic mass is 10.0. The van der Waals surface area contributed by atoms with E-state index in [0.29, 0.717) is 49.5 Å². The van der Waals surface area contributed by atoms with Crippen LogP contribution in [0.25, 0.3) is 0 Å². The number of ether oxygens (including phenoxy) is 1. The van der Waals surface area contributed by atoms with Crippen LogP contribution in [-0.2, 0) is 32.5 Å². The molecule has 0 aromatic carbocycles. The molecule has 3 heterocycles. The van der Waals surface area contributed by atoms with Crippen molar-refractivity contribution < 1.29 is 22.7 Å². The van der Waals surface area contributed by atoms with Gasteiger partial charge in [0.05, 0.1) is 25.0 Å². The molecule has 9 nitrogen and oxygen atoms in total. The van der Waals surface area contributed by atoms with Gasteiger partial charge in [-0.05, 0) is 31.7 Å². The van der Waals surface area contributed by atoms with Gasteiger partial charge >= 0.3 is 6.09 Å². The van der Waals surface area contributed by atoms with Crippen molar-refractivity contribution in [2.75, 3.05) is 31.3 Å². The Morgan fingerprint density at radius 2 is 2.14 bits per heavy atom. The van der Waals surface area contributed by atoms with Crippen molar-refractivity contribution in [1.29, 1.82) is 5.26 Å². The van der Waals surface area contributed by atoms with Gasteiger partial charge in [-0.25, -0.2) is 13.2 Å². The van der Waals surface area contributed by atoms with E-state index in [1.54, 1.807) is 11.8 Å². The molecule has 1 saturated heterocycles. The van der Waals surface area contributed by atoms with Crippen LogP contribution in [0.4, 0.5) is 9.80 Å². The van der Waals surface area contributed by atoms with E-state index < -0.39 is 28.1 Å². The number of nitriles is 1. The number of hydrogen-bond acceptors (Lipinski definition) is 7. The molecule has 1 aromatic rings. The van der Waals surface area contributed by atoms with E-state index in [2.05, 4.69) is 11.4 Å². The number of anilines is 1. The van der Waals surface area contributed by atoms with Crippen molar-refractivity contribution in [2.45, 2.75) is 38.8 Å². The van der Waals surface area contributed by atoms with Crippen LogP contribution in [0.3, 0.4) is 0 Å². The lowest BCUT2D eigenvalue weighted by Crippen LogP contribution is -2.42. The van der Waals surface area contributed by atoms with E-state index in [4.69, 9.17) is 4.74 Å². The first-order valence-corrected chi connectivity index (χ1v) is 11.7. The molecule has 1 N–H and O–H groups in total. The Morgan fingerprint density at radius 1 is 1.39 bits per heavy atom. The van der Waals surface area contributed by atoms with Gasteiger partial charge in [-0.2, -0.15) is 9.57 Å². The van der Waals surface area contributed by atoms with Gasteiger partial charge in [-0.3, -0.25) is 4.79 Å². The van der Waals surface area contributed by atoms with Crippen molar-refractivity contribution in [3.63, 3.8) is 0 Å². The number of hydrogen-bond donors (Lipinski definition) is 1. The Kier molecular flexibility index (Phi) is 5.92. The maximum atomic E-state index is 12.7. The highest BCUT2D eigenvalue weighted by atomic mass is 32.2. The molecule has 0 aliphatic carbocycles. The predicted molar refractivity (Wildman–Crippen MR) is 103 cm³/mol. The van der Waals surface area contributed by atoms with E-state index in [1.807, 2.05) is 0 Å². The molecular formula is C17H22N4O5S2. The number of carbonyl (C=O) groups is 2. The molecule has 0 saturated carbocycles.